The Morgan fingerprint density at radius 3 is 1.33 bits per heavy atom. The lowest BCUT2D eigenvalue weighted by molar-refractivity contribution is 0.527. The van der Waals surface area contributed by atoms with Gasteiger partial charge in [0.25, 0.3) is 0 Å². The zero-order valence-electron chi connectivity index (χ0n) is 44.0. The van der Waals surface area contributed by atoms with Gasteiger partial charge >= 0.3 is 17.5 Å². The fourth-order valence-corrected chi connectivity index (χ4v) is 8.42. The third kappa shape index (κ3) is 10.6. The number of nitrogens with one attached hydrogen (secondary N) is 2. The molecule has 0 atom stereocenters. The van der Waals surface area contributed by atoms with E-state index in [1.54, 1.807) is 78.9 Å². The van der Waals surface area contributed by atoms with Crippen molar-refractivity contribution in [1.29, 1.82) is 0 Å². The number of hydrazine groups is 1. The van der Waals surface area contributed by atoms with Gasteiger partial charge in [0.1, 0.15) is 105 Å². The number of benzene rings is 3. The molecule has 0 amide bonds. The predicted molar refractivity (Wildman–Crippen MR) is 288 cm³/mol. The highest BCUT2D eigenvalue weighted by Gasteiger charge is 2.27. The molecule has 0 aliphatic heterocycles. The molecule has 0 saturated heterocycles. The number of rotatable bonds is 9. The predicted octanol–water partition coefficient (Wildman–Crippen LogP) is 11.7. The summed E-state index contributed by atoms with van der Waals surface area (Å²) in [5.74, 6) is 3.98. The molecule has 0 aliphatic rings. The molecule has 0 aliphatic carbocycles. The summed E-state index contributed by atoms with van der Waals surface area (Å²) in [5.41, 5.74) is 8.78. The van der Waals surface area contributed by atoms with Crippen molar-refractivity contribution in [2.75, 3.05) is 10.9 Å². The standard InChI is InChI=1S/C20H16F2N6O.C20H18F2N6O.C15H10F2N6O/c1-20(2,3)18-25-24-15-7-6-14(26-28(15)18)17-16(23-19-27(17)8-9-29-19)12-10-11(21)4-5-13(12)22;1-20(2,3)11-23-26-16-7-6-15(25-27-16)18-17(24-19-28(18)8-9-29-19)13-10-12(21)4-5-14(13)22;16-8-1-2-10(17)9(7-8)13-14(23-5-6-24-15(23)19-13)11-3-4-12(20-18)22-21-11/h4-10H,1-3H3;4-11H,1-3H3,(H,26,27);1-7H,18H2,(H,20,22)/b;23-11+;. The molecular weight excluding hydrogens is 1070 g/mol. The lowest BCUT2D eigenvalue weighted by Gasteiger charge is -2.15. The van der Waals surface area contributed by atoms with Crippen molar-refractivity contribution in [1.82, 2.24) is 68.4 Å². The topological polar surface area (TPSA) is 248 Å². The van der Waals surface area contributed by atoms with E-state index < -0.39 is 34.9 Å². The highest BCUT2D eigenvalue weighted by atomic mass is 19.1. The van der Waals surface area contributed by atoms with Crippen LogP contribution in [0.1, 0.15) is 47.4 Å². The van der Waals surface area contributed by atoms with E-state index in [2.05, 4.69) is 66.6 Å². The Hall–Kier alpha value is -10.6. The number of imidazole rings is 3. The maximum atomic E-state index is 14.5. The number of nitrogens with two attached hydrogens (primary N) is 1. The van der Waals surface area contributed by atoms with Gasteiger partial charge in [0.05, 0.1) is 0 Å². The Morgan fingerprint density at radius 2 is 0.927 bits per heavy atom. The zero-order valence-corrected chi connectivity index (χ0v) is 44.0. The summed E-state index contributed by atoms with van der Waals surface area (Å²) in [4.78, 5) is 12.9. The average Bonchev–Trinajstić information content (AvgIpc) is 4.01. The number of oxazole rings is 3. The van der Waals surface area contributed by atoms with Gasteiger partial charge in [0, 0.05) is 46.9 Å². The van der Waals surface area contributed by atoms with Crippen LogP contribution < -0.4 is 16.7 Å². The average molecular weight is 1120 g/mol. The smallest absolute Gasteiger partial charge is 0.306 e. The van der Waals surface area contributed by atoms with E-state index in [9.17, 15) is 26.3 Å². The number of fused-ring (bicyclic) bond motifs is 4. The van der Waals surface area contributed by atoms with Crippen molar-refractivity contribution in [3.05, 3.63) is 169 Å². The quantitative estimate of drug-likeness (QED) is 0.0526. The first-order valence-corrected chi connectivity index (χ1v) is 24.7. The molecule has 0 saturated carbocycles. The number of anilines is 2. The second-order valence-corrected chi connectivity index (χ2v) is 20.2. The first-order chi connectivity index (χ1) is 39.3. The van der Waals surface area contributed by atoms with Crippen molar-refractivity contribution in [2.45, 2.75) is 47.0 Å². The first-order valence-electron chi connectivity index (χ1n) is 24.7. The highest BCUT2D eigenvalue weighted by Crippen LogP contribution is 2.37. The van der Waals surface area contributed by atoms with Crippen LogP contribution >= 0.6 is 0 Å². The van der Waals surface area contributed by atoms with Crippen LogP contribution in [0, 0.1) is 40.3 Å². The molecular formula is C55H44F6N18O3. The Kier molecular flexibility index (Phi) is 13.8. The molecule has 0 fully saturated rings. The Balaban J connectivity index is 0.000000130. The van der Waals surface area contributed by atoms with E-state index in [0.29, 0.717) is 57.3 Å². The molecule has 0 radical (unpaired) electrons. The molecule has 0 spiro atoms. The van der Waals surface area contributed by atoms with Crippen molar-refractivity contribution in [3.63, 3.8) is 0 Å². The first kappa shape index (κ1) is 53.4. The summed E-state index contributed by atoms with van der Waals surface area (Å²) < 4.78 is 107. The molecule has 0 unspecified atom stereocenters. The van der Waals surface area contributed by atoms with Gasteiger partial charge in [-0.3, -0.25) is 18.6 Å². The van der Waals surface area contributed by atoms with Crippen LogP contribution in [0.5, 0.6) is 0 Å². The normalized spacial score (nSPS) is 11.9. The number of halogens is 6. The van der Waals surface area contributed by atoms with E-state index in [1.807, 2.05) is 41.5 Å². The molecule has 10 aromatic heterocycles. The molecule has 0 bridgehead atoms. The monoisotopic (exact) mass is 1120 g/mol. The Bertz CT molecular complexity index is 4490. The van der Waals surface area contributed by atoms with Gasteiger partial charge in [-0.25, -0.2) is 32.2 Å². The number of nitrogen functional groups attached to an aromatic ring is 1. The summed E-state index contributed by atoms with van der Waals surface area (Å²) >= 11 is 0. The van der Waals surface area contributed by atoms with Gasteiger partial charge in [-0.05, 0) is 96.4 Å². The van der Waals surface area contributed by atoms with Crippen molar-refractivity contribution >= 4 is 41.0 Å². The van der Waals surface area contributed by atoms with Gasteiger partial charge in [-0.15, -0.1) is 30.6 Å². The Labute approximate surface area is 458 Å². The zero-order chi connectivity index (χ0) is 57.6. The summed E-state index contributed by atoms with van der Waals surface area (Å²) in [6, 6.07) is 19.7. The van der Waals surface area contributed by atoms with Gasteiger partial charge in [0.2, 0.25) is 0 Å². The van der Waals surface area contributed by atoms with Gasteiger partial charge in [-0.1, -0.05) is 41.5 Å². The fourth-order valence-electron chi connectivity index (χ4n) is 8.42. The van der Waals surface area contributed by atoms with Crippen LogP contribution in [0.15, 0.2) is 147 Å². The lowest BCUT2D eigenvalue weighted by atomic mass is 9.96. The third-order valence-electron chi connectivity index (χ3n) is 12.1. The van der Waals surface area contributed by atoms with Gasteiger partial charge in [-0.2, -0.15) is 29.7 Å². The molecule has 13 rings (SSSR count). The van der Waals surface area contributed by atoms with Crippen LogP contribution in [0.2, 0.25) is 0 Å². The second kappa shape index (κ2) is 21.2. The fraction of sp³-hybridized carbons (Fsp3) is 0.145. The van der Waals surface area contributed by atoms with E-state index in [0.717, 1.165) is 54.6 Å². The third-order valence-corrected chi connectivity index (χ3v) is 12.1. The van der Waals surface area contributed by atoms with E-state index in [1.165, 1.54) is 18.8 Å². The minimum absolute atomic E-state index is 0.00623. The number of nitrogens with zero attached hydrogens (tertiary/aromatic N) is 15. The molecule has 21 nitrogen and oxygen atoms in total. The molecule has 10 heterocycles. The number of hydrazone groups is 1. The summed E-state index contributed by atoms with van der Waals surface area (Å²) in [7, 11) is 0. The van der Waals surface area contributed by atoms with Crippen molar-refractivity contribution in [3.8, 4) is 67.9 Å². The van der Waals surface area contributed by atoms with Crippen LogP contribution in [0.3, 0.4) is 0 Å². The molecule has 13 aromatic rings. The molecule has 82 heavy (non-hydrogen) atoms. The summed E-state index contributed by atoms with van der Waals surface area (Å²) in [6.45, 7) is 12.1. The van der Waals surface area contributed by atoms with E-state index >= 15 is 0 Å². The summed E-state index contributed by atoms with van der Waals surface area (Å²) in [6.07, 6.45) is 11.0. The largest absolute Gasteiger partial charge is 0.432 e. The molecule has 414 valence electrons. The number of hydrogen-bond donors (Lipinski definition) is 3. The molecule has 3 aromatic carbocycles. The maximum absolute atomic E-state index is 14.5. The van der Waals surface area contributed by atoms with Crippen molar-refractivity contribution < 1.29 is 39.6 Å². The van der Waals surface area contributed by atoms with Crippen LogP contribution in [0.4, 0.5) is 38.0 Å². The SMILES string of the molecule is CC(C)(C)/C=N/Nc1ccc(-c2c(-c3cc(F)ccc3F)nc3occn23)nn1.CC(C)(C)c1nnc2ccc(-c3c(-c4cc(F)ccc4F)nc4occn34)nn12.NNc1ccc(-c2c(-c3cc(F)ccc3F)nc3occn23)nn1. The highest BCUT2D eigenvalue weighted by molar-refractivity contribution is 5.82. The number of hydrogen-bond acceptors (Lipinski definition) is 17. The van der Waals surface area contributed by atoms with Crippen molar-refractivity contribution in [2.24, 2.45) is 16.4 Å². The molecule has 27 heteroatoms. The maximum Gasteiger partial charge on any atom is 0.306 e. The minimum atomic E-state index is -0.605. The van der Waals surface area contributed by atoms with Crippen LogP contribution in [-0.4, -0.2) is 74.6 Å². The lowest BCUT2D eigenvalue weighted by Crippen LogP contribution is -2.17. The second-order valence-electron chi connectivity index (χ2n) is 20.2. The minimum Gasteiger partial charge on any atom is -0.432 e. The van der Waals surface area contributed by atoms with Crippen LogP contribution in [0.25, 0.3) is 91.1 Å². The molecule has 4 N–H and O–H groups in total. The Morgan fingerprint density at radius 1 is 0.500 bits per heavy atom. The number of aromatic nitrogens is 14. The van der Waals surface area contributed by atoms with E-state index in [-0.39, 0.29) is 62.1 Å². The van der Waals surface area contributed by atoms with E-state index in [4.69, 9.17) is 19.1 Å². The van der Waals surface area contributed by atoms with Gasteiger partial charge in [0.15, 0.2) is 23.1 Å². The van der Waals surface area contributed by atoms with Gasteiger partial charge < -0.3 is 18.7 Å². The summed E-state index contributed by atoms with van der Waals surface area (Å²) in [5, 5.41) is 33.5. The van der Waals surface area contributed by atoms with Crippen LogP contribution in [-0.2, 0) is 5.41 Å².